The molecule has 2 nitrogen and oxygen atoms in total. The van der Waals surface area contributed by atoms with Crippen molar-refractivity contribution in [1.29, 1.82) is 0 Å². The first-order valence-electron chi connectivity index (χ1n) is 5.71. The topological polar surface area (TPSA) is 29.5 Å². The number of ether oxygens (including phenoxy) is 1. The van der Waals surface area contributed by atoms with Gasteiger partial charge in [-0.15, -0.1) is 0 Å². The van der Waals surface area contributed by atoms with Crippen molar-refractivity contribution in [3.8, 4) is 17.6 Å². The van der Waals surface area contributed by atoms with Gasteiger partial charge in [0.05, 0.1) is 13.2 Å². The van der Waals surface area contributed by atoms with Crippen LogP contribution in [0.5, 0.6) is 5.75 Å². The fourth-order valence-electron chi connectivity index (χ4n) is 1.35. The highest BCUT2D eigenvalue weighted by atomic mass is 16.5. The Balaban J connectivity index is 1.85. The highest BCUT2D eigenvalue weighted by Crippen LogP contribution is 2.29. The maximum Gasteiger partial charge on any atom is 0.119 e. The summed E-state index contributed by atoms with van der Waals surface area (Å²) in [4.78, 5) is 0. The smallest absolute Gasteiger partial charge is 0.119 e. The van der Waals surface area contributed by atoms with Gasteiger partial charge < -0.3 is 9.84 Å². The van der Waals surface area contributed by atoms with Crippen molar-refractivity contribution in [2.45, 2.75) is 19.3 Å². The zero-order valence-electron chi connectivity index (χ0n) is 9.28. The van der Waals surface area contributed by atoms with Gasteiger partial charge in [-0.1, -0.05) is 11.8 Å². The predicted molar refractivity (Wildman–Crippen MR) is 63.2 cm³/mol. The first kappa shape index (κ1) is 11.0. The maximum absolute atomic E-state index is 8.59. The fraction of sp³-hybridized carbons (Fsp3) is 0.429. The molecular weight excluding hydrogens is 200 g/mol. The summed E-state index contributed by atoms with van der Waals surface area (Å²) in [6, 6.07) is 7.80. The molecule has 1 N–H and O–H groups in total. The zero-order valence-corrected chi connectivity index (χ0v) is 9.28. The lowest BCUT2D eigenvalue weighted by Gasteiger charge is -2.04. The molecule has 0 spiro atoms. The van der Waals surface area contributed by atoms with Gasteiger partial charge in [0, 0.05) is 12.0 Å². The van der Waals surface area contributed by atoms with Gasteiger partial charge in [0.2, 0.25) is 0 Å². The molecule has 0 amide bonds. The average Bonchev–Trinajstić information content (AvgIpc) is 3.12. The van der Waals surface area contributed by atoms with Crippen LogP contribution in [0.25, 0.3) is 0 Å². The van der Waals surface area contributed by atoms with E-state index < -0.39 is 0 Å². The molecule has 1 saturated carbocycles. The van der Waals surface area contributed by atoms with E-state index in [-0.39, 0.29) is 6.61 Å². The lowest BCUT2D eigenvalue weighted by Crippen LogP contribution is -1.98. The van der Waals surface area contributed by atoms with Crippen molar-refractivity contribution in [1.82, 2.24) is 0 Å². The van der Waals surface area contributed by atoms with Crippen LogP contribution in [-0.2, 0) is 0 Å². The quantitative estimate of drug-likeness (QED) is 0.782. The summed E-state index contributed by atoms with van der Waals surface area (Å²) in [5.41, 5.74) is 0.965. The van der Waals surface area contributed by atoms with Gasteiger partial charge in [-0.2, -0.15) is 0 Å². The molecule has 16 heavy (non-hydrogen) atoms. The maximum atomic E-state index is 8.59. The van der Waals surface area contributed by atoms with E-state index in [2.05, 4.69) is 11.8 Å². The van der Waals surface area contributed by atoms with Gasteiger partial charge in [0.25, 0.3) is 0 Å². The number of hydrogen-bond donors (Lipinski definition) is 1. The summed E-state index contributed by atoms with van der Waals surface area (Å²) >= 11 is 0. The molecule has 0 bridgehead atoms. The van der Waals surface area contributed by atoms with Crippen LogP contribution >= 0.6 is 0 Å². The third kappa shape index (κ3) is 3.60. The van der Waals surface area contributed by atoms with E-state index in [4.69, 9.17) is 9.84 Å². The van der Waals surface area contributed by atoms with E-state index in [0.29, 0.717) is 6.42 Å². The fourth-order valence-corrected chi connectivity index (χ4v) is 1.35. The Bertz CT molecular complexity index is 379. The van der Waals surface area contributed by atoms with Crippen LogP contribution in [0.3, 0.4) is 0 Å². The SMILES string of the molecule is OCCC#Cc1ccc(OCC2CC2)cc1. The first-order valence-corrected chi connectivity index (χ1v) is 5.71. The minimum Gasteiger partial charge on any atom is -0.493 e. The Morgan fingerprint density at radius 2 is 2.00 bits per heavy atom. The van der Waals surface area contributed by atoms with E-state index in [1.54, 1.807) is 0 Å². The molecule has 0 atom stereocenters. The minimum absolute atomic E-state index is 0.121. The van der Waals surface area contributed by atoms with Crippen molar-refractivity contribution in [3.63, 3.8) is 0 Å². The van der Waals surface area contributed by atoms with Crippen LogP contribution in [0.2, 0.25) is 0 Å². The summed E-state index contributed by atoms with van der Waals surface area (Å²) in [5, 5.41) is 8.59. The van der Waals surface area contributed by atoms with Crippen molar-refractivity contribution >= 4 is 0 Å². The average molecular weight is 216 g/mol. The Morgan fingerprint density at radius 3 is 2.62 bits per heavy atom. The van der Waals surface area contributed by atoms with E-state index in [1.807, 2.05) is 24.3 Å². The van der Waals surface area contributed by atoms with Crippen LogP contribution in [-0.4, -0.2) is 18.3 Å². The normalized spacial score (nSPS) is 14.1. The molecule has 0 aromatic heterocycles. The van der Waals surface area contributed by atoms with Crippen LogP contribution in [0.15, 0.2) is 24.3 Å². The number of rotatable bonds is 4. The van der Waals surface area contributed by atoms with Gasteiger partial charge in [-0.25, -0.2) is 0 Å². The van der Waals surface area contributed by atoms with Gasteiger partial charge >= 0.3 is 0 Å². The lowest BCUT2D eigenvalue weighted by atomic mass is 10.2. The summed E-state index contributed by atoms with van der Waals surface area (Å²) in [6.07, 6.45) is 3.15. The molecule has 84 valence electrons. The van der Waals surface area contributed by atoms with Crippen LogP contribution in [0, 0.1) is 17.8 Å². The van der Waals surface area contributed by atoms with Crippen molar-refractivity contribution < 1.29 is 9.84 Å². The molecule has 1 aromatic rings. The highest BCUT2D eigenvalue weighted by Gasteiger charge is 2.21. The predicted octanol–water partition coefficient (Wildman–Crippen LogP) is 2.21. The Kier molecular flexibility index (Phi) is 3.85. The van der Waals surface area contributed by atoms with E-state index in [1.165, 1.54) is 12.8 Å². The number of benzene rings is 1. The molecule has 2 rings (SSSR count). The van der Waals surface area contributed by atoms with Crippen LogP contribution in [0.4, 0.5) is 0 Å². The zero-order chi connectivity index (χ0) is 11.2. The van der Waals surface area contributed by atoms with Crippen molar-refractivity contribution in [2.75, 3.05) is 13.2 Å². The van der Waals surface area contributed by atoms with Gasteiger partial charge in [0.1, 0.15) is 5.75 Å². The molecule has 1 fully saturated rings. The van der Waals surface area contributed by atoms with Crippen molar-refractivity contribution in [3.05, 3.63) is 29.8 Å². The molecule has 0 aliphatic heterocycles. The second-order valence-electron chi connectivity index (χ2n) is 4.05. The van der Waals surface area contributed by atoms with Gasteiger partial charge in [-0.3, -0.25) is 0 Å². The largest absolute Gasteiger partial charge is 0.493 e. The third-order valence-corrected chi connectivity index (χ3v) is 2.51. The Morgan fingerprint density at radius 1 is 1.25 bits per heavy atom. The number of hydrogen-bond acceptors (Lipinski definition) is 2. The van der Waals surface area contributed by atoms with Gasteiger partial charge in [0.15, 0.2) is 0 Å². The molecule has 1 aliphatic carbocycles. The second kappa shape index (κ2) is 5.58. The molecule has 0 radical (unpaired) electrons. The second-order valence-corrected chi connectivity index (χ2v) is 4.05. The molecular formula is C14H16O2. The molecule has 0 heterocycles. The molecule has 1 aliphatic rings. The summed E-state index contributed by atoms with van der Waals surface area (Å²) < 4.78 is 5.62. The van der Waals surface area contributed by atoms with Gasteiger partial charge in [-0.05, 0) is 43.0 Å². The summed E-state index contributed by atoms with van der Waals surface area (Å²) in [5.74, 6) is 7.57. The highest BCUT2D eigenvalue weighted by molar-refractivity contribution is 5.38. The Labute approximate surface area is 96.3 Å². The van der Waals surface area contributed by atoms with Crippen molar-refractivity contribution in [2.24, 2.45) is 5.92 Å². The first-order chi connectivity index (χ1) is 7.88. The molecule has 2 heteroatoms. The molecule has 0 saturated heterocycles. The van der Waals surface area contributed by atoms with E-state index >= 15 is 0 Å². The lowest BCUT2D eigenvalue weighted by molar-refractivity contribution is 0.300. The number of aliphatic hydroxyl groups excluding tert-OH is 1. The number of aliphatic hydroxyl groups is 1. The monoisotopic (exact) mass is 216 g/mol. The standard InChI is InChI=1S/C14H16O2/c15-10-2-1-3-12-6-8-14(9-7-12)16-11-13-4-5-13/h6-9,13,15H,2,4-5,10-11H2. The van der Waals surface area contributed by atoms with E-state index in [9.17, 15) is 0 Å². The van der Waals surface area contributed by atoms with Crippen LogP contribution < -0.4 is 4.74 Å². The van der Waals surface area contributed by atoms with Crippen LogP contribution in [0.1, 0.15) is 24.8 Å². The summed E-state index contributed by atoms with van der Waals surface area (Å²) in [6.45, 7) is 0.963. The minimum atomic E-state index is 0.121. The molecule has 1 aromatic carbocycles. The Hall–Kier alpha value is -1.46. The summed E-state index contributed by atoms with van der Waals surface area (Å²) in [7, 11) is 0. The third-order valence-electron chi connectivity index (χ3n) is 2.51. The van der Waals surface area contributed by atoms with E-state index in [0.717, 1.165) is 23.8 Å². The molecule has 0 unspecified atom stereocenters.